The largest absolute Gasteiger partial charge is 0.383 e. The predicted molar refractivity (Wildman–Crippen MR) is 56.7 cm³/mol. The number of nitrogens with zero attached hydrogens (tertiary/aromatic N) is 1. The van der Waals surface area contributed by atoms with Gasteiger partial charge in [-0.25, -0.2) is 0 Å². The van der Waals surface area contributed by atoms with Crippen LogP contribution in [0, 0.1) is 0 Å². The summed E-state index contributed by atoms with van der Waals surface area (Å²) < 4.78 is 6.75. The molecule has 3 nitrogen and oxygen atoms in total. The minimum absolute atomic E-state index is 0.0493. The maximum absolute atomic E-state index is 11.6. The minimum atomic E-state index is 0.0493. The molecule has 0 radical (unpaired) electrons. The van der Waals surface area contributed by atoms with Crippen LogP contribution in [0.2, 0.25) is 0 Å². The van der Waals surface area contributed by atoms with Gasteiger partial charge in [-0.1, -0.05) is 19.9 Å². The molecule has 14 heavy (non-hydrogen) atoms. The fourth-order valence-electron chi connectivity index (χ4n) is 1.46. The van der Waals surface area contributed by atoms with Crippen molar-refractivity contribution in [2.75, 3.05) is 13.7 Å². The van der Waals surface area contributed by atoms with Crippen LogP contribution < -0.4 is 5.56 Å². The first-order valence-corrected chi connectivity index (χ1v) is 4.85. The standard InChI is InChI=1S/C11H17NO2/c1-9(2)10-5-4-6-11(13)12(10)7-8-14-3/h4-6,9H,7-8H2,1-3H3. The van der Waals surface area contributed by atoms with E-state index < -0.39 is 0 Å². The Bertz CT molecular complexity index is 341. The van der Waals surface area contributed by atoms with E-state index in [4.69, 9.17) is 4.74 Å². The summed E-state index contributed by atoms with van der Waals surface area (Å²) in [6.07, 6.45) is 0. The van der Waals surface area contributed by atoms with Gasteiger partial charge in [0.2, 0.25) is 0 Å². The number of rotatable bonds is 4. The van der Waals surface area contributed by atoms with Gasteiger partial charge in [0.05, 0.1) is 6.61 Å². The van der Waals surface area contributed by atoms with Crippen LogP contribution >= 0.6 is 0 Å². The zero-order chi connectivity index (χ0) is 10.6. The molecule has 0 aromatic carbocycles. The molecule has 78 valence electrons. The van der Waals surface area contributed by atoms with E-state index in [1.807, 2.05) is 6.07 Å². The normalized spacial score (nSPS) is 10.9. The van der Waals surface area contributed by atoms with E-state index >= 15 is 0 Å². The highest BCUT2D eigenvalue weighted by atomic mass is 16.5. The molecular weight excluding hydrogens is 178 g/mol. The van der Waals surface area contributed by atoms with E-state index in [9.17, 15) is 4.79 Å². The summed E-state index contributed by atoms with van der Waals surface area (Å²) in [5.74, 6) is 0.362. The van der Waals surface area contributed by atoms with Gasteiger partial charge in [-0.3, -0.25) is 4.79 Å². The molecule has 1 aromatic rings. The molecule has 1 aromatic heterocycles. The lowest BCUT2D eigenvalue weighted by Crippen LogP contribution is -2.24. The summed E-state index contributed by atoms with van der Waals surface area (Å²) in [4.78, 5) is 11.6. The van der Waals surface area contributed by atoms with Crippen LogP contribution in [0.15, 0.2) is 23.0 Å². The number of ether oxygens (including phenoxy) is 1. The van der Waals surface area contributed by atoms with E-state index in [0.717, 1.165) is 5.69 Å². The topological polar surface area (TPSA) is 31.2 Å². The van der Waals surface area contributed by atoms with Crippen LogP contribution in [0.1, 0.15) is 25.5 Å². The van der Waals surface area contributed by atoms with Crippen molar-refractivity contribution in [3.05, 3.63) is 34.2 Å². The van der Waals surface area contributed by atoms with Crippen LogP contribution in [0.5, 0.6) is 0 Å². The molecule has 0 saturated heterocycles. The summed E-state index contributed by atoms with van der Waals surface area (Å²) in [6, 6.07) is 5.38. The maximum Gasteiger partial charge on any atom is 0.250 e. The third-order valence-corrected chi connectivity index (χ3v) is 2.19. The SMILES string of the molecule is COCCn1c(C(C)C)cccc1=O. The lowest BCUT2D eigenvalue weighted by atomic mass is 10.1. The molecule has 3 heteroatoms. The molecule has 0 amide bonds. The van der Waals surface area contributed by atoms with Crippen molar-refractivity contribution >= 4 is 0 Å². The number of pyridine rings is 1. The molecule has 0 spiro atoms. The molecule has 0 aliphatic rings. The van der Waals surface area contributed by atoms with Crippen molar-refractivity contribution in [2.24, 2.45) is 0 Å². The second-order valence-corrected chi connectivity index (χ2v) is 3.59. The van der Waals surface area contributed by atoms with Crippen molar-refractivity contribution in [2.45, 2.75) is 26.3 Å². The molecule has 0 saturated carbocycles. The van der Waals surface area contributed by atoms with Gasteiger partial charge in [0.15, 0.2) is 0 Å². The van der Waals surface area contributed by atoms with Crippen LogP contribution in [0.4, 0.5) is 0 Å². The van der Waals surface area contributed by atoms with Crippen molar-refractivity contribution in [3.63, 3.8) is 0 Å². The van der Waals surface area contributed by atoms with Gasteiger partial charge in [-0.15, -0.1) is 0 Å². The molecule has 0 bridgehead atoms. The van der Waals surface area contributed by atoms with E-state index in [1.165, 1.54) is 0 Å². The van der Waals surface area contributed by atoms with Gasteiger partial charge in [-0.05, 0) is 12.0 Å². The van der Waals surface area contributed by atoms with Crippen molar-refractivity contribution < 1.29 is 4.74 Å². The molecule has 0 atom stereocenters. The Labute approximate surface area is 84.3 Å². The third kappa shape index (κ3) is 2.45. The number of hydrogen-bond acceptors (Lipinski definition) is 2. The van der Waals surface area contributed by atoms with Gasteiger partial charge in [0.25, 0.3) is 5.56 Å². The smallest absolute Gasteiger partial charge is 0.250 e. The minimum Gasteiger partial charge on any atom is -0.383 e. The Hall–Kier alpha value is -1.09. The molecule has 0 fully saturated rings. The molecule has 0 aliphatic heterocycles. The number of hydrogen-bond donors (Lipinski definition) is 0. The van der Waals surface area contributed by atoms with Crippen molar-refractivity contribution in [1.29, 1.82) is 0 Å². The summed E-state index contributed by atoms with van der Waals surface area (Å²) in [6.45, 7) is 5.36. The quantitative estimate of drug-likeness (QED) is 0.731. The van der Waals surface area contributed by atoms with Crippen LogP contribution in [-0.2, 0) is 11.3 Å². The zero-order valence-corrected chi connectivity index (χ0v) is 8.99. The molecule has 0 N–H and O–H groups in total. The predicted octanol–water partition coefficient (Wildman–Crippen LogP) is 1.62. The lowest BCUT2D eigenvalue weighted by Gasteiger charge is -2.14. The van der Waals surface area contributed by atoms with Gasteiger partial charge in [0, 0.05) is 25.4 Å². The molecule has 1 heterocycles. The first-order valence-electron chi connectivity index (χ1n) is 4.85. The summed E-state index contributed by atoms with van der Waals surface area (Å²) in [7, 11) is 1.64. The summed E-state index contributed by atoms with van der Waals surface area (Å²) >= 11 is 0. The van der Waals surface area contributed by atoms with Gasteiger partial charge < -0.3 is 9.30 Å². The van der Waals surface area contributed by atoms with Gasteiger partial charge in [-0.2, -0.15) is 0 Å². The first kappa shape index (κ1) is 11.0. The number of methoxy groups -OCH3 is 1. The fourth-order valence-corrected chi connectivity index (χ4v) is 1.46. The highest BCUT2D eigenvalue weighted by molar-refractivity contribution is 5.10. The van der Waals surface area contributed by atoms with Crippen molar-refractivity contribution in [3.8, 4) is 0 Å². The zero-order valence-electron chi connectivity index (χ0n) is 8.99. The highest BCUT2D eigenvalue weighted by Gasteiger charge is 2.06. The molecule has 0 aliphatic carbocycles. The highest BCUT2D eigenvalue weighted by Crippen LogP contribution is 2.11. The third-order valence-electron chi connectivity index (χ3n) is 2.19. The van der Waals surface area contributed by atoms with Crippen LogP contribution in [0.3, 0.4) is 0 Å². The Morgan fingerprint density at radius 1 is 1.43 bits per heavy atom. The van der Waals surface area contributed by atoms with Gasteiger partial charge >= 0.3 is 0 Å². The lowest BCUT2D eigenvalue weighted by molar-refractivity contribution is 0.185. The average Bonchev–Trinajstić information content (AvgIpc) is 2.15. The Balaban J connectivity index is 3.03. The van der Waals surface area contributed by atoms with E-state index in [2.05, 4.69) is 13.8 Å². The van der Waals surface area contributed by atoms with Crippen molar-refractivity contribution in [1.82, 2.24) is 4.57 Å². The monoisotopic (exact) mass is 195 g/mol. The second-order valence-electron chi connectivity index (χ2n) is 3.59. The Morgan fingerprint density at radius 3 is 2.71 bits per heavy atom. The second kappa shape index (κ2) is 4.96. The first-order chi connectivity index (χ1) is 6.66. The molecule has 0 unspecified atom stereocenters. The average molecular weight is 195 g/mol. The fraction of sp³-hybridized carbons (Fsp3) is 0.545. The van der Waals surface area contributed by atoms with E-state index in [0.29, 0.717) is 19.1 Å². The van der Waals surface area contributed by atoms with Gasteiger partial charge in [0.1, 0.15) is 0 Å². The Kier molecular flexibility index (Phi) is 3.89. The van der Waals surface area contributed by atoms with Crippen LogP contribution in [-0.4, -0.2) is 18.3 Å². The van der Waals surface area contributed by atoms with E-state index in [-0.39, 0.29) is 5.56 Å². The number of aromatic nitrogens is 1. The maximum atomic E-state index is 11.6. The summed E-state index contributed by atoms with van der Waals surface area (Å²) in [5, 5.41) is 0. The van der Waals surface area contributed by atoms with E-state index in [1.54, 1.807) is 23.8 Å². The van der Waals surface area contributed by atoms with Crippen LogP contribution in [0.25, 0.3) is 0 Å². The molecule has 1 rings (SSSR count). The summed E-state index contributed by atoms with van der Waals surface area (Å²) in [5.41, 5.74) is 1.11. The Morgan fingerprint density at radius 2 is 2.14 bits per heavy atom. The molecular formula is C11H17NO2.